The third kappa shape index (κ3) is 4.58. The van der Waals surface area contributed by atoms with E-state index in [4.69, 9.17) is 13.9 Å². The topological polar surface area (TPSA) is 77.6 Å². The highest BCUT2D eigenvalue weighted by Gasteiger charge is 2.12. The first-order chi connectivity index (χ1) is 16.7. The second kappa shape index (κ2) is 10.4. The number of rotatable bonds is 6. The van der Waals surface area contributed by atoms with Crippen LogP contribution in [0.2, 0.25) is 0 Å². The van der Waals surface area contributed by atoms with E-state index in [9.17, 15) is 5.11 Å². The molecule has 6 nitrogen and oxygen atoms in total. The summed E-state index contributed by atoms with van der Waals surface area (Å²) < 4.78 is 16.8. The van der Waals surface area contributed by atoms with Gasteiger partial charge in [0, 0.05) is 23.3 Å². The number of fused-ring (bicyclic) bond motifs is 2. The Morgan fingerprint density at radius 1 is 0.853 bits per heavy atom. The van der Waals surface area contributed by atoms with Gasteiger partial charge >= 0.3 is 0 Å². The lowest BCUT2D eigenvalue weighted by molar-refractivity contribution is 0.282. The van der Waals surface area contributed by atoms with E-state index in [1.165, 1.54) is 0 Å². The summed E-state index contributed by atoms with van der Waals surface area (Å²) in [5.41, 5.74) is 5.46. The van der Waals surface area contributed by atoms with Gasteiger partial charge in [-0.3, -0.25) is 4.98 Å². The number of benzene rings is 3. The molecule has 5 aromatic rings. The highest BCUT2D eigenvalue weighted by Crippen LogP contribution is 2.34. The minimum atomic E-state index is 0.0128. The predicted octanol–water partition coefficient (Wildman–Crippen LogP) is 6.17. The Kier molecular flexibility index (Phi) is 7.09. The summed E-state index contributed by atoms with van der Waals surface area (Å²) in [7, 11) is 3.27. The summed E-state index contributed by atoms with van der Waals surface area (Å²) in [5, 5.41) is 11.3. The molecule has 0 aliphatic rings. The molecule has 6 heteroatoms. The van der Waals surface area contributed by atoms with Crippen molar-refractivity contribution in [2.75, 3.05) is 14.2 Å². The van der Waals surface area contributed by atoms with Crippen molar-refractivity contribution in [3.8, 4) is 23.0 Å². The summed E-state index contributed by atoms with van der Waals surface area (Å²) in [6, 6.07) is 17.5. The molecule has 34 heavy (non-hydrogen) atoms. The zero-order chi connectivity index (χ0) is 24.1. The van der Waals surface area contributed by atoms with Crippen molar-refractivity contribution in [2.45, 2.75) is 26.9 Å². The molecule has 5 rings (SSSR count). The van der Waals surface area contributed by atoms with Crippen LogP contribution in [0.25, 0.3) is 33.3 Å². The van der Waals surface area contributed by atoms with Gasteiger partial charge in [0.05, 0.1) is 20.8 Å². The zero-order valence-corrected chi connectivity index (χ0v) is 19.8. The van der Waals surface area contributed by atoms with Gasteiger partial charge in [0.15, 0.2) is 17.1 Å². The summed E-state index contributed by atoms with van der Waals surface area (Å²) in [6.45, 7) is 4.01. The third-order valence-electron chi connectivity index (χ3n) is 5.58. The fraction of sp³-hybridized carbons (Fsp3) is 0.214. The van der Waals surface area contributed by atoms with Gasteiger partial charge in [0.25, 0.3) is 0 Å². The second-order valence-corrected chi connectivity index (χ2v) is 7.58. The molecule has 3 aromatic carbocycles. The number of oxazole rings is 1. The number of nitrogens with zero attached hydrogens (tertiary/aromatic N) is 2. The molecule has 0 unspecified atom stereocenters. The number of methoxy groups -OCH3 is 2. The molecule has 1 N–H and O–H groups in total. The largest absolute Gasteiger partial charge is 0.493 e. The molecule has 0 radical (unpaired) electrons. The standard InChI is InChI=1S/C26H22N2O4.C2H6/c1-30-24-11-20-14-27-13-19(21(20)12-25(24)31-2)9-17-5-8-23-22(10-17)28-26(32-23)18-6-3-16(15-29)4-7-18;1-2/h3-8,10-14,29H,9,15H2,1-2H3;1-2H3. The molecule has 0 saturated carbocycles. The average molecular weight is 457 g/mol. The van der Waals surface area contributed by atoms with Crippen molar-refractivity contribution in [1.29, 1.82) is 0 Å². The number of hydrogen-bond donors (Lipinski definition) is 1. The first-order valence-electron chi connectivity index (χ1n) is 11.3. The van der Waals surface area contributed by atoms with Gasteiger partial charge in [0.1, 0.15) is 5.52 Å². The van der Waals surface area contributed by atoms with Crippen LogP contribution in [0.5, 0.6) is 11.5 Å². The van der Waals surface area contributed by atoms with E-state index in [-0.39, 0.29) is 6.61 Å². The molecule has 0 bridgehead atoms. The Morgan fingerprint density at radius 2 is 1.56 bits per heavy atom. The highest BCUT2D eigenvalue weighted by molar-refractivity contribution is 5.88. The second-order valence-electron chi connectivity index (χ2n) is 7.58. The van der Waals surface area contributed by atoms with Crippen LogP contribution < -0.4 is 9.47 Å². The van der Waals surface area contributed by atoms with E-state index >= 15 is 0 Å². The smallest absolute Gasteiger partial charge is 0.227 e. The van der Waals surface area contributed by atoms with Crippen molar-refractivity contribution in [1.82, 2.24) is 9.97 Å². The Balaban J connectivity index is 0.00000133. The van der Waals surface area contributed by atoms with E-state index in [1.54, 1.807) is 14.2 Å². The fourth-order valence-electron chi connectivity index (χ4n) is 3.88. The van der Waals surface area contributed by atoms with Gasteiger partial charge in [-0.2, -0.15) is 0 Å². The Bertz CT molecular complexity index is 1410. The maximum absolute atomic E-state index is 9.23. The molecule has 0 amide bonds. The van der Waals surface area contributed by atoms with Gasteiger partial charge < -0.3 is 19.0 Å². The van der Waals surface area contributed by atoms with Crippen LogP contribution in [0.3, 0.4) is 0 Å². The van der Waals surface area contributed by atoms with Gasteiger partial charge in [0.2, 0.25) is 5.89 Å². The van der Waals surface area contributed by atoms with E-state index in [2.05, 4.69) is 9.97 Å². The number of ether oxygens (including phenoxy) is 2. The Morgan fingerprint density at radius 3 is 2.26 bits per heavy atom. The summed E-state index contributed by atoms with van der Waals surface area (Å²) >= 11 is 0. The van der Waals surface area contributed by atoms with E-state index in [0.717, 1.165) is 44.1 Å². The lowest BCUT2D eigenvalue weighted by Crippen LogP contribution is -1.95. The molecular formula is C28H28N2O4. The molecule has 0 fully saturated rings. The van der Waals surface area contributed by atoms with Crippen LogP contribution in [0.15, 0.2) is 71.4 Å². The minimum absolute atomic E-state index is 0.0128. The van der Waals surface area contributed by atoms with Crippen LogP contribution in [-0.2, 0) is 13.0 Å². The lowest BCUT2D eigenvalue weighted by Gasteiger charge is -2.11. The molecule has 2 aromatic heterocycles. The van der Waals surface area contributed by atoms with Gasteiger partial charge in [-0.05, 0) is 64.9 Å². The summed E-state index contributed by atoms with van der Waals surface area (Å²) in [4.78, 5) is 9.08. The first kappa shape index (κ1) is 23.3. The van der Waals surface area contributed by atoms with Gasteiger partial charge in [-0.25, -0.2) is 4.98 Å². The predicted molar refractivity (Wildman–Crippen MR) is 134 cm³/mol. The van der Waals surface area contributed by atoms with Crippen LogP contribution >= 0.6 is 0 Å². The summed E-state index contributed by atoms with van der Waals surface area (Å²) in [6.07, 6.45) is 4.41. The van der Waals surface area contributed by atoms with Crippen molar-refractivity contribution in [3.05, 3.63) is 83.7 Å². The summed E-state index contributed by atoms with van der Waals surface area (Å²) in [5.74, 6) is 1.93. The van der Waals surface area contributed by atoms with Crippen molar-refractivity contribution >= 4 is 21.9 Å². The van der Waals surface area contributed by atoms with Crippen LogP contribution in [-0.4, -0.2) is 29.3 Å². The normalized spacial score (nSPS) is 10.7. The Labute approximate surface area is 198 Å². The van der Waals surface area contributed by atoms with E-state index in [1.807, 2.05) is 80.8 Å². The molecule has 0 aliphatic heterocycles. The molecule has 0 atom stereocenters. The quantitative estimate of drug-likeness (QED) is 0.329. The average Bonchev–Trinajstić information content (AvgIpc) is 3.33. The van der Waals surface area contributed by atoms with Crippen LogP contribution in [0, 0.1) is 0 Å². The van der Waals surface area contributed by atoms with Gasteiger partial charge in [-0.15, -0.1) is 0 Å². The van der Waals surface area contributed by atoms with Crippen LogP contribution in [0.4, 0.5) is 0 Å². The maximum Gasteiger partial charge on any atom is 0.227 e. The van der Waals surface area contributed by atoms with Gasteiger partial charge in [-0.1, -0.05) is 32.0 Å². The van der Waals surface area contributed by atoms with E-state index < -0.39 is 0 Å². The lowest BCUT2D eigenvalue weighted by atomic mass is 10.00. The molecular weight excluding hydrogens is 428 g/mol. The fourth-order valence-corrected chi connectivity index (χ4v) is 3.88. The number of aliphatic hydroxyl groups excluding tert-OH is 1. The number of aliphatic hydroxyl groups is 1. The van der Waals surface area contributed by atoms with E-state index in [0.29, 0.717) is 23.8 Å². The molecule has 0 saturated heterocycles. The molecule has 2 heterocycles. The zero-order valence-electron chi connectivity index (χ0n) is 19.8. The number of pyridine rings is 1. The van der Waals surface area contributed by atoms with Crippen LogP contribution in [0.1, 0.15) is 30.5 Å². The minimum Gasteiger partial charge on any atom is -0.493 e. The number of aromatic nitrogens is 2. The SMILES string of the molecule is CC.COc1cc2cncc(Cc3ccc4oc(-c5ccc(CO)cc5)nc4c3)c2cc1OC. The maximum atomic E-state index is 9.23. The third-order valence-corrected chi connectivity index (χ3v) is 5.58. The number of hydrogen-bond acceptors (Lipinski definition) is 6. The first-order valence-corrected chi connectivity index (χ1v) is 11.3. The van der Waals surface area contributed by atoms with Crippen molar-refractivity contribution in [3.63, 3.8) is 0 Å². The Hall–Kier alpha value is -3.90. The van der Waals surface area contributed by atoms with Crippen molar-refractivity contribution in [2.24, 2.45) is 0 Å². The highest BCUT2D eigenvalue weighted by atomic mass is 16.5. The monoisotopic (exact) mass is 456 g/mol. The molecule has 0 spiro atoms. The van der Waals surface area contributed by atoms with Crippen molar-refractivity contribution < 1.29 is 19.0 Å². The molecule has 0 aliphatic carbocycles. The molecule has 174 valence electrons.